The van der Waals surface area contributed by atoms with E-state index in [9.17, 15) is 26.3 Å². The van der Waals surface area contributed by atoms with Gasteiger partial charge in [0.1, 0.15) is 18.2 Å². The number of nitrogens with two attached hydrogens (primary N) is 1. The lowest BCUT2D eigenvalue weighted by Crippen LogP contribution is -2.48. The van der Waals surface area contributed by atoms with E-state index in [2.05, 4.69) is 10.3 Å². The van der Waals surface area contributed by atoms with E-state index in [1.807, 2.05) is 0 Å². The summed E-state index contributed by atoms with van der Waals surface area (Å²) < 4.78 is 86.4. The molecule has 4 N–H and O–H groups in total. The normalized spacial score (nSPS) is 18.3. The first-order valence-corrected chi connectivity index (χ1v) is 11.7. The van der Waals surface area contributed by atoms with Crippen LogP contribution in [0.2, 0.25) is 0 Å². The third-order valence-electron chi connectivity index (χ3n) is 6.19. The molecule has 202 valence electrons. The Morgan fingerprint density at radius 1 is 1.11 bits per heavy atom. The highest BCUT2D eigenvalue weighted by atomic mass is 19.4. The molecule has 0 spiro atoms. The van der Waals surface area contributed by atoms with Gasteiger partial charge in [-0.05, 0) is 60.4 Å². The minimum atomic E-state index is -4.74. The summed E-state index contributed by atoms with van der Waals surface area (Å²) in [6.45, 7) is 0.485. The van der Waals surface area contributed by atoms with E-state index in [0.717, 1.165) is 24.6 Å². The van der Waals surface area contributed by atoms with Crippen LogP contribution in [0.5, 0.6) is 5.75 Å². The summed E-state index contributed by atoms with van der Waals surface area (Å²) in [5, 5.41) is 10.8. The van der Waals surface area contributed by atoms with Gasteiger partial charge in [0.15, 0.2) is 5.96 Å². The molecule has 0 saturated carbocycles. The van der Waals surface area contributed by atoms with E-state index in [1.165, 1.54) is 36.4 Å². The van der Waals surface area contributed by atoms with Crippen LogP contribution in [-0.4, -0.2) is 42.4 Å². The monoisotopic (exact) mass is 537 g/mol. The van der Waals surface area contributed by atoms with Crippen molar-refractivity contribution < 1.29 is 31.1 Å². The number of nitrogens with one attached hydrogen (secondary N) is 2. The van der Waals surface area contributed by atoms with Crippen molar-refractivity contribution in [2.45, 2.75) is 31.2 Å². The van der Waals surface area contributed by atoms with Crippen LogP contribution in [0.3, 0.4) is 0 Å². The van der Waals surface area contributed by atoms with Gasteiger partial charge >= 0.3 is 12.4 Å². The fourth-order valence-corrected chi connectivity index (χ4v) is 4.44. The van der Waals surface area contributed by atoms with Crippen molar-refractivity contribution >= 4 is 23.6 Å². The number of halogens is 6. The van der Waals surface area contributed by atoms with E-state index >= 15 is 0 Å². The molecule has 2 aliphatic rings. The Balaban J connectivity index is 1.49. The maximum atomic E-state index is 13.9. The Hall–Kier alpha value is -3.96. The van der Waals surface area contributed by atoms with Crippen LogP contribution in [0.4, 0.5) is 26.3 Å². The number of ether oxygens (including phenoxy) is 1. The molecule has 12 heteroatoms. The Morgan fingerprint density at radius 3 is 2.55 bits per heavy atom. The molecule has 2 aliphatic heterocycles. The minimum absolute atomic E-state index is 0.0927. The summed E-state index contributed by atoms with van der Waals surface area (Å²) in [7, 11) is 0. The van der Waals surface area contributed by atoms with Gasteiger partial charge in [0.2, 0.25) is 0 Å². The summed E-state index contributed by atoms with van der Waals surface area (Å²) in [5.41, 5.74) is 4.37. The molecule has 0 radical (unpaired) electrons. The molecule has 1 saturated heterocycles. The molecule has 38 heavy (non-hydrogen) atoms. The quantitative estimate of drug-likeness (QED) is 0.258. The van der Waals surface area contributed by atoms with Gasteiger partial charge in [0.25, 0.3) is 0 Å². The molecule has 4 rings (SSSR count). The lowest BCUT2D eigenvalue weighted by atomic mass is 10.0. The van der Waals surface area contributed by atoms with Gasteiger partial charge in [-0.2, -0.15) is 26.3 Å². The van der Waals surface area contributed by atoms with Gasteiger partial charge in [0.05, 0.1) is 23.7 Å². The van der Waals surface area contributed by atoms with E-state index in [-0.39, 0.29) is 36.3 Å². The molecule has 2 heterocycles. The lowest BCUT2D eigenvalue weighted by molar-refractivity contribution is -0.139. The van der Waals surface area contributed by atoms with Crippen LogP contribution in [0.1, 0.15) is 35.1 Å². The van der Waals surface area contributed by atoms with E-state index in [4.69, 9.17) is 15.9 Å². The highest BCUT2D eigenvalue weighted by Crippen LogP contribution is 2.38. The topological polar surface area (TPSA) is 86.7 Å². The highest BCUT2D eigenvalue weighted by Gasteiger charge is 2.36. The molecule has 0 bridgehead atoms. The largest absolute Gasteiger partial charge is 0.489 e. The van der Waals surface area contributed by atoms with Crippen LogP contribution >= 0.6 is 0 Å². The van der Waals surface area contributed by atoms with Crippen LogP contribution in [0, 0.1) is 5.41 Å². The molecule has 1 unspecified atom stereocenters. The van der Waals surface area contributed by atoms with Gasteiger partial charge in [-0.3, -0.25) is 10.4 Å². The van der Waals surface area contributed by atoms with Gasteiger partial charge < -0.3 is 20.7 Å². The molecule has 1 atom stereocenters. The van der Waals surface area contributed by atoms with E-state index in [1.54, 1.807) is 11.0 Å². The Bertz CT molecular complexity index is 1280. The van der Waals surface area contributed by atoms with Crippen molar-refractivity contribution in [1.29, 1.82) is 5.41 Å². The second-order valence-corrected chi connectivity index (χ2v) is 8.71. The number of aliphatic imine (C=N–C) groups is 1. The van der Waals surface area contributed by atoms with Crippen molar-refractivity contribution in [3.8, 4) is 5.75 Å². The summed E-state index contributed by atoms with van der Waals surface area (Å²) >= 11 is 0. The smallest absolute Gasteiger partial charge is 0.419 e. The number of alkyl halides is 6. The summed E-state index contributed by atoms with van der Waals surface area (Å²) in [6, 6.07) is 8.23. The average Bonchev–Trinajstić information content (AvgIpc) is 3.36. The zero-order chi connectivity index (χ0) is 27.5. The SMILES string of the molecule is N=C(N)N1CCCC1C1=NCC=C(c2ccc(OC/C=C/c3ccccc3C(F)(F)F)c(C(F)(F)F)c2)N1. The van der Waals surface area contributed by atoms with Crippen LogP contribution in [0.15, 0.2) is 59.6 Å². The average molecular weight is 538 g/mol. The fourth-order valence-electron chi connectivity index (χ4n) is 4.44. The summed E-state index contributed by atoms with van der Waals surface area (Å²) in [6.07, 6.45) is -3.72. The van der Waals surface area contributed by atoms with E-state index < -0.39 is 29.2 Å². The maximum absolute atomic E-state index is 13.9. The Kier molecular flexibility index (Phi) is 7.70. The van der Waals surface area contributed by atoms with Crippen LogP contribution < -0.4 is 15.8 Å². The van der Waals surface area contributed by atoms with Crippen molar-refractivity contribution in [1.82, 2.24) is 10.2 Å². The number of amidine groups is 1. The zero-order valence-corrected chi connectivity index (χ0v) is 20.0. The molecule has 2 aromatic carbocycles. The molecular weight excluding hydrogens is 512 g/mol. The third-order valence-corrected chi connectivity index (χ3v) is 6.19. The first kappa shape index (κ1) is 27.1. The standard InChI is InChI=1S/C26H25F6N5O/c27-25(28,29)18-7-2-1-5-16(18)6-4-14-38-22-10-9-17(15-19(22)26(30,31)32)20-11-12-35-23(36-20)21-8-3-13-37(21)24(33)34/h1-2,4-7,9-11,15,21H,3,8,12-14H2,(H3,33,34)(H,35,36)/b6-4+. The van der Waals surface area contributed by atoms with Crippen LogP contribution in [0.25, 0.3) is 11.8 Å². The molecule has 6 nitrogen and oxygen atoms in total. The highest BCUT2D eigenvalue weighted by molar-refractivity contribution is 5.98. The molecule has 1 fully saturated rings. The third kappa shape index (κ3) is 6.12. The fraction of sp³-hybridized carbons (Fsp3) is 0.308. The second kappa shape index (κ2) is 10.8. The zero-order valence-electron chi connectivity index (χ0n) is 20.0. The predicted octanol–water partition coefficient (Wildman–Crippen LogP) is 5.52. The van der Waals surface area contributed by atoms with Crippen molar-refractivity contribution in [2.24, 2.45) is 10.7 Å². The summed E-state index contributed by atoms with van der Waals surface area (Å²) in [5.74, 6) is -0.00267. The number of nitrogens with zero attached hydrogens (tertiary/aromatic N) is 2. The Morgan fingerprint density at radius 2 is 1.84 bits per heavy atom. The molecule has 2 aromatic rings. The van der Waals surface area contributed by atoms with Crippen LogP contribution in [-0.2, 0) is 12.4 Å². The number of benzene rings is 2. The summed E-state index contributed by atoms with van der Waals surface area (Å²) in [4.78, 5) is 6.10. The number of guanidine groups is 1. The minimum Gasteiger partial charge on any atom is -0.489 e. The number of likely N-dealkylation sites (tertiary alicyclic amines) is 1. The molecule has 0 aromatic heterocycles. The predicted molar refractivity (Wildman–Crippen MR) is 132 cm³/mol. The van der Waals surface area contributed by atoms with Gasteiger partial charge in [0, 0.05) is 12.2 Å². The van der Waals surface area contributed by atoms with Gasteiger partial charge in [-0.15, -0.1) is 0 Å². The number of hydrogen-bond donors (Lipinski definition) is 3. The molecule has 0 amide bonds. The van der Waals surface area contributed by atoms with Crippen molar-refractivity contribution in [3.63, 3.8) is 0 Å². The number of rotatable bonds is 6. The van der Waals surface area contributed by atoms with Gasteiger partial charge in [-0.25, -0.2) is 0 Å². The Labute approximate surface area is 215 Å². The first-order valence-electron chi connectivity index (χ1n) is 11.7. The lowest BCUT2D eigenvalue weighted by Gasteiger charge is -2.29. The van der Waals surface area contributed by atoms with Gasteiger partial charge in [-0.1, -0.05) is 24.3 Å². The maximum Gasteiger partial charge on any atom is 0.419 e. The number of hydrogen-bond acceptors (Lipinski definition) is 4. The molecular formula is C26H25F6N5O. The first-order chi connectivity index (χ1) is 17.9. The molecule has 0 aliphatic carbocycles. The second-order valence-electron chi connectivity index (χ2n) is 8.71. The van der Waals surface area contributed by atoms with Crippen molar-refractivity contribution in [3.05, 3.63) is 76.9 Å². The van der Waals surface area contributed by atoms with Crippen molar-refractivity contribution in [2.75, 3.05) is 19.7 Å². The van der Waals surface area contributed by atoms with E-state index in [0.29, 0.717) is 24.5 Å².